The molecule has 0 bridgehead atoms. The number of Topliss-reactive ketones (excluding diaryl/α,β-unsaturated/α-hetero) is 1. The van der Waals surface area contributed by atoms with Crippen LogP contribution in [0.4, 0.5) is 4.79 Å². The number of likely N-dealkylation sites (tertiary alicyclic amines) is 1. The van der Waals surface area contributed by atoms with Gasteiger partial charge >= 0.3 is 6.03 Å². The molecule has 26 heavy (non-hydrogen) atoms. The predicted octanol–water partition coefficient (Wildman–Crippen LogP) is 2.89. The molecule has 1 aliphatic rings. The third kappa shape index (κ3) is 4.39. The molecule has 0 spiro atoms. The van der Waals surface area contributed by atoms with Crippen molar-refractivity contribution in [1.29, 1.82) is 0 Å². The monoisotopic (exact) mass is 353 g/mol. The first-order chi connectivity index (χ1) is 12.7. The third-order valence-electron chi connectivity index (χ3n) is 4.57. The number of ketones is 1. The van der Waals surface area contributed by atoms with E-state index in [0.29, 0.717) is 25.3 Å². The Balaban J connectivity index is 1.56. The van der Waals surface area contributed by atoms with Crippen LogP contribution in [0.2, 0.25) is 0 Å². The SMILES string of the molecule is COc1cccc(CNC(=O)N2CCCC(C(=O)c3ccccn3)C2)c1. The fourth-order valence-corrected chi connectivity index (χ4v) is 3.17. The highest BCUT2D eigenvalue weighted by molar-refractivity contribution is 5.96. The zero-order valence-corrected chi connectivity index (χ0v) is 14.9. The quantitative estimate of drug-likeness (QED) is 0.839. The topological polar surface area (TPSA) is 71.5 Å². The van der Waals surface area contributed by atoms with Crippen LogP contribution in [-0.4, -0.2) is 41.9 Å². The number of ether oxygens (including phenoxy) is 1. The number of hydrogen-bond acceptors (Lipinski definition) is 4. The van der Waals surface area contributed by atoms with Crippen molar-refractivity contribution in [3.05, 3.63) is 59.9 Å². The van der Waals surface area contributed by atoms with Crippen LogP contribution >= 0.6 is 0 Å². The zero-order valence-electron chi connectivity index (χ0n) is 14.9. The average Bonchev–Trinajstić information content (AvgIpc) is 2.72. The number of aromatic nitrogens is 1. The maximum atomic E-state index is 12.6. The number of amides is 2. The summed E-state index contributed by atoms with van der Waals surface area (Å²) in [7, 11) is 1.62. The second-order valence-corrected chi connectivity index (χ2v) is 6.37. The first kappa shape index (κ1) is 17.9. The van der Waals surface area contributed by atoms with Gasteiger partial charge in [0.15, 0.2) is 5.78 Å². The number of nitrogens with one attached hydrogen (secondary N) is 1. The summed E-state index contributed by atoms with van der Waals surface area (Å²) in [6, 6.07) is 12.8. The molecule has 6 nitrogen and oxygen atoms in total. The molecule has 3 rings (SSSR count). The summed E-state index contributed by atoms with van der Waals surface area (Å²) in [6.07, 6.45) is 3.22. The van der Waals surface area contributed by atoms with Crippen molar-refractivity contribution in [3.63, 3.8) is 0 Å². The maximum absolute atomic E-state index is 12.6. The van der Waals surface area contributed by atoms with Gasteiger partial charge in [-0.3, -0.25) is 9.78 Å². The molecule has 0 saturated carbocycles. The van der Waals surface area contributed by atoms with Gasteiger partial charge in [0, 0.05) is 31.7 Å². The van der Waals surface area contributed by atoms with Crippen molar-refractivity contribution in [3.8, 4) is 5.75 Å². The number of rotatable bonds is 5. The lowest BCUT2D eigenvalue weighted by atomic mass is 9.92. The van der Waals surface area contributed by atoms with Crippen molar-refractivity contribution in [2.75, 3.05) is 20.2 Å². The molecule has 1 N–H and O–H groups in total. The number of piperidine rings is 1. The van der Waals surface area contributed by atoms with Gasteiger partial charge in [-0.1, -0.05) is 18.2 Å². The van der Waals surface area contributed by atoms with Gasteiger partial charge in [0.2, 0.25) is 0 Å². The molecule has 2 amide bonds. The zero-order chi connectivity index (χ0) is 18.4. The Morgan fingerprint density at radius 3 is 2.92 bits per heavy atom. The van der Waals surface area contributed by atoms with Crippen molar-refractivity contribution >= 4 is 11.8 Å². The number of carbonyl (C=O) groups is 2. The highest BCUT2D eigenvalue weighted by atomic mass is 16.5. The Morgan fingerprint density at radius 1 is 1.27 bits per heavy atom. The van der Waals surface area contributed by atoms with E-state index in [1.54, 1.807) is 30.3 Å². The highest BCUT2D eigenvalue weighted by Crippen LogP contribution is 2.20. The Bertz CT molecular complexity index is 764. The maximum Gasteiger partial charge on any atom is 0.317 e. The van der Waals surface area contributed by atoms with E-state index in [4.69, 9.17) is 4.74 Å². The molecule has 136 valence electrons. The lowest BCUT2D eigenvalue weighted by Crippen LogP contribution is -2.46. The molecule has 1 aromatic carbocycles. The van der Waals surface area contributed by atoms with E-state index in [9.17, 15) is 9.59 Å². The Kier molecular flexibility index (Phi) is 5.84. The second kappa shape index (κ2) is 8.47. The average molecular weight is 353 g/mol. The number of hydrogen-bond donors (Lipinski definition) is 1. The summed E-state index contributed by atoms with van der Waals surface area (Å²) in [5.74, 6) is 0.577. The molecule has 1 aliphatic heterocycles. The van der Waals surface area contributed by atoms with Gasteiger partial charge in [-0.15, -0.1) is 0 Å². The molecule has 2 aromatic rings. The molecular weight excluding hydrogens is 330 g/mol. The second-order valence-electron chi connectivity index (χ2n) is 6.37. The number of urea groups is 1. The van der Waals surface area contributed by atoms with E-state index < -0.39 is 0 Å². The van der Waals surface area contributed by atoms with Crippen LogP contribution in [0.25, 0.3) is 0 Å². The number of nitrogens with zero attached hydrogens (tertiary/aromatic N) is 2. The minimum atomic E-state index is -0.193. The van der Waals surface area contributed by atoms with E-state index >= 15 is 0 Å². The van der Waals surface area contributed by atoms with Gasteiger partial charge < -0.3 is 15.0 Å². The Morgan fingerprint density at radius 2 is 2.15 bits per heavy atom. The number of pyridine rings is 1. The van der Waals surface area contributed by atoms with Crippen molar-refractivity contribution in [1.82, 2.24) is 15.2 Å². The lowest BCUT2D eigenvalue weighted by molar-refractivity contribution is 0.0840. The number of methoxy groups -OCH3 is 1. The molecule has 0 aliphatic carbocycles. The first-order valence-corrected chi connectivity index (χ1v) is 8.78. The third-order valence-corrected chi connectivity index (χ3v) is 4.57. The van der Waals surface area contributed by atoms with Crippen LogP contribution < -0.4 is 10.1 Å². The van der Waals surface area contributed by atoms with Gasteiger partial charge in [0.05, 0.1) is 7.11 Å². The molecule has 1 aromatic heterocycles. The summed E-state index contributed by atoms with van der Waals surface area (Å²) in [4.78, 5) is 30.9. The van der Waals surface area contributed by atoms with Crippen LogP contribution in [0.1, 0.15) is 28.9 Å². The molecule has 6 heteroatoms. The minimum Gasteiger partial charge on any atom is -0.497 e. The normalized spacial score (nSPS) is 16.8. The molecule has 1 unspecified atom stereocenters. The summed E-state index contributed by atoms with van der Waals surface area (Å²) in [5, 5.41) is 2.92. The fourth-order valence-electron chi connectivity index (χ4n) is 3.17. The van der Waals surface area contributed by atoms with E-state index in [1.807, 2.05) is 30.3 Å². The first-order valence-electron chi connectivity index (χ1n) is 8.78. The highest BCUT2D eigenvalue weighted by Gasteiger charge is 2.29. The van der Waals surface area contributed by atoms with Gasteiger partial charge in [-0.2, -0.15) is 0 Å². The van der Waals surface area contributed by atoms with E-state index in [1.165, 1.54) is 0 Å². The summed E-state index contributed by atoms with van der Waals surface area (Å²) >= 11 is 0. The molecular formula is C20H23N3O3. The summed E-state index contributed by atoms with van der Waals surface area (Å²) in [5.41, 5.74) is 1.44. The van der Waals surface area contributed by atoms with Crippen molar-refractivity contribution in [2.45, 2.75) is 19.4 Å². The largest absolute Gasteiger partial charge is 0.497 e. The fraction of sp³-hybridized carbons (Fsp3) is 0.350. The predicted molar refractivity (Wildman–Crippen MR) is 98.1 cm³/mol. The number of carbonyl (C=O) groups excluding carboxylic acids is 2. The van der Waals surface area contributed by atoms with Crippen molar-refractivity contribution in [2.24, 2.45) is 5.92 Å². The molecule has 2 heterocycles. The van der Waals surface area contributed by atoms with Crippen LogP contribution in [-0.2, 0) is 6.54 Å². The van der Waals surface area contributed by atoms with E-state index in [2.05, 4.69) is 10.3 Å². The minimum absolute atomic E-state index is 0.0101. The molecule has 0 radical (unpaired) electrons. The van der Waals surface area contributed by atoms with Crippen LogP contribution in [0.3, 0.4) is 0 Å². The molecule has 1 atom stereocenters. The summed E-state index contributed by atoms with van der Waals surface area (Å²) in [6.45, 7) is 1.51. The van der Waals surface area contributed by atoms with Gasteiger partial charge in [-0.25, -0.2) is 4.79 Å². The number of benzene rings is 1. The van der Waals surface area contributed by atoms with Crippen LogP contribution in [0.15, 0.2) is 48.7 Å². The van der Waals surface area contributed by atoms with E-state index in [0.717, 1.165) is 24.2 Å². The van der Waals surface area contributed by atoms with Crippen LogP contribution in [0.5, 0.6) is 5.75 Å². The molecule has 1 fully saturated rings. The van der Waals surface area contributed by atoms with Gasteiger partial charge in [-0.05, 0) is 42.7 Å². The Hall–Kier alpha value is -2.89. The van der Waals surface area contributed by atoms with Gasteiger partial charge in [0.25, 0.3) is 0 Å². The smallest absolute Gasteiger partial charge is 0.317 e. The van der Waals surface area contributed by atoms with E-state index in [-0.39, 0.29) is 17.7 Å². The summed E-state index contributed by atoms with van der Waals surface area (Å²) < 4.78 is 5.19. The van der Waals surface area contributed by atoms with Crippen LogP contribution in [0, 0.1) is 5.92 Å². The standard InChI is InChI=1S/C20H23N3O3/c1-26-17-8-4-6-15(12-17)13-22-20(25)23-11-5-7-16(14-23)19(24)18-9-2-3-10-21-18/h2-4,6,8-10,12,16H,5,7,11,13-14H2,1H3,(H,22,25). The van der Waals surface area contributed by atoms with Gasteiger partial charge in [0.1, 0.15) is 11.4 Å². The lowest BCUT2D eigenvalue weighted by Gasteiger charge is -2.32. The Labute approximate surface area is 153 Å². The van der Waals surface area contributed by atoms with Crippen molar-refractivity contribution < 1.29 is 14.3 Å². The molecule has 1 saturated heterocycles.